The SMILES string of the molecule is CCN1CCc2ccc(NC(=O)C(C)OCCC(C)C)cc21. The van der Waals surface area contributed by atoms with E-state index in [1.54, 1.807) is 6.92 Å². The first-order valence-electron chi connectivity index (χ1n) is 8.31. The highest BCUT2D eigenvalue weighted by Crippen LogP contribution is 2.30. The van der Waals surface area contributed by atoms with Crippen molar-refractivity contribution >= 4 is 17.3 Å². The molecule has 0 radical (unpaired) electrons. The van der Waals surface area contributed by atoms with Gasteiger partial charge in [-0.15, -0.1) is 0 Å². The first-order chi connectivity index (χ1) is 10.5. The number of anilines is 2. The number of ether oxygens (including phenoxy) is 1. The van der Waals surface area contributed by atoms with Crippen molar-refractivity contribution in [3.8, 4) is 0 Å². The summed E-state index contributed by atoms with van der Waals surface area (Å²) in [5, 5.41) is 2.96. The number of fused-ring (bicyclic) bond motifs is 1. The topological polar surface area (TPSA) is 41.6 Å². The fourth-order valence-corrected chi connectivity index (χ4v) is 2.65. The zero-order valence-corrected chi connectivity index (χ0v) is 14.2. The fourth-order valence-electron chi connectivity index (χ4n) is 2.65. The van der Waals surface area contributed by atoms with E-state index in [0.717, 1.165) is 31.6 Å². The second-order valence-electron chi connectivity index (χ2n) is 6.36. The Bertz CT molecular complexity index is 514. The predicted molar refractivity (Wildman–Crippen MR) is 91.5 cm³/mol. The number of rotatable bonds is 7. The minimum Gasteiger partial charge on any atom is -0.371 e. The highest BCUT2D eigenvalue weighted by molar-refractivity contribution is 5.94. The van der Waals surface area contributed by atoms with E-state index >= 15 is 0 Å². The van der Waals surface area contributed by atoms with E-state index in [4.69, 9.17) is 4.74 Å². The molecular formula is C18H28N2O2. The summed E-state index contributed by atoms with van der Waals surface area (Å²) in [6, 6.07) is 6.17. The van der Waals surface area contributed by atoms with E-state index in [-0.39, 0.29) is 5.91 Å². The van der Waals surface area contributed by atoms with Crippen molar-refractivity contribution in [2.75, 3.05) is 29.9 Å². The van der Waals surface area contributed by atoms with Crippen LogP contribution in [-0.2, 0) is 16.0 Å². The smallest absolute Gasteiger partial charge is 0.253 e. The van der Waals surface area contributed by atoms with E-state index in [0.29, 0.717) is 12.5 Å². The zero-order valence-electron chi connectivity index (χ0n) is 14.2. The number of hydrogen-bond acceptors (Lipinski definition) is 3. The van der Waals surface area contributed by atoms with Gasteiger partial charge in [0.05, 0.1) is 0 Å². The molecule has 0 aromatic heterocycles. The van der Waals surface area contributed by atoms with Gasteiger partial charge in [-0.05, 0) is 50.3 Å². The first kappa shape index (κ1) is 16.8. The number of carbonyl (C=O) groups is 1. The van der Waals surface area contributed by atoms with E-state index in [2.05, 4.69) is 43.1 Å². The van der Waals surface area contributed by atoms with Gasteiger partial charge < -0.3 is 15.0 Å². The number of nitrogens with zero attached hydrogens (tertiary/aromatic N) is 1. The van der Waals surface area contributed by atoms with E-state index in [9.17, 15) is 4.79 Å². The third kappa shape index (κ3) is 4.23. The third-order valence-corrected chi connectivity index (χ3v) is 4.16. The maximum Gasteiger partial charge on any atom is 0.253 e. The van der Waals surface area contributed by atoms with Crippen LogP contribution in [0.4, 0.5) is 11.4 Å². The summed E-state index contributed by atoms with van der Waals surface area (Å²) in [5.41, 5.74) is 3.46. The number of nitrogens with one attached hydrogen (secondary N) is 1. The average molecular weight is 304 g/mol. The molecule has 122 valence electrons. The summed E-state index contributed by atoms with van der Waals surface area (Å²) in [6.45, 7) is 11.0. The van der Waals surface area contributed by atoms with Crippen LogP contribution in [0.2, 0.25) is 0 Å². The first-order valence-corrected chi connectivity index (χ1v) is 8.31. The zero-order chi connectivity index (χ0) is 16.1. The van der Waals surface area contributed by atoms with Gasteiger partial charge in [-0.1, -0.05) is 19.9 Å². The summed E-state index contributed by atoms with van der Waals surface area (Å²) in [4.78, 5) is 14.5. The predicted octanol–water partition coefficient (Wildman–Crippen LogP) is 3.46. The molecule has 1 heterocycles. The molecule has 22 heavy (non-hydrogen) atoms. The Balaban J connectivity index is 1.92. The minimum atomic E-state index is -0.422. The van der Waals surface area contributed by atoms with Gasteiger partial charge in [0.25, 0.3) is 5.91 Å². The van der Waals surface area contributed by atoms with E-state index in [1.165, 1.54) is 11.3 Å². The van der Waals surface area contributed by atoms with Crippen molar-refractivity contribution in [3.63, 3.8) is 0 Å². The highest BCUT2D eigenvalue weighted by Gasteiger charge is 2.19. The fraction of sp³-hybridized carbons (Fsp3) is 0.611. The van der Waals surface area contributed by atoms with Gasteiger partial charge in [0.1, 0.15) is 6.10 Å². The van der Waals surface area contributed by atoms with Crippen molar-refractivity contribution in [1.82, 2.24) is 0 Å². The molecule has 1 unspecified atom stereocenters. The molecular weight excluding hydrogens is 276 g/mol. The normalized spacial score (nSPS) is 15.0. The van der Waals surface area contributed by atoms with Gasteiger partial charge in [0.2, 0.25) is 0 Å². The Morgan fingerprint density at radius 1 is 1.36 bits per heavy atom. The van der Waals surface area contributed by atoms with Gasteiger partial charge in [0.15, 0.2) is 0 Å². The van der Waals surface area contributed by atoms with Crippen LogP contribution >= 0.6 is 0 Å². The lowest BCUT2D eigenvalue weighted by Crippen LogP contribution is -2.28. The molecule has 1 amide bonds. The Labute approximate surface area is 133 Å². The maximum atomic E-state index is 12.2. The van der Waals surface area contributed by atoms with Crippen molar-refractivity contribution in [2.24, 2.45) is 5.92 Å². The molecule has 0 saturated heterocycles. The van der Waals surface area contributed by atoms with Crippen molar-refractivity contribution < 1.29 is 9.53 Å². The molecule has 0 fully saturated rings. The van der Waals surface area contributed by atoms with Crippen LogP contribution < -0.4 is 10.2 Å². The molecule has 1 aromatic rings. The number of amides is 1. The van der Waals surface area contributed by atoms with Crippen molar-refractivity contribution in [1.29, 1.82) is 0 Å². The molecule has 0 saturated carbocycles. The van der Waals surface area contributed by atoms with Crippen LogP contribution in [0.15, 0.2) is 18.2 Å². The lowest BCUT2D eigenvalue weighted by atomic mass is 10.1. The standard InChI is InChI=1S/C18H28N2O2/c1-5-20-10-8-15-6-7-16(12-17(15)20)19-18(21)14(4)22-11-9-13(2)3/h6-7,12-14H,5,8-11H2,1-4H3,(H,19,21). The highest BCUT2D eigenvalue weighted by atomic mass is 16.5. The van der Waals surface area contributed by atoms with Gasteiger partial charge in [-0.25, -0.2) is 0 Å². The minimum absolute atomic E-state index is 0.0789. The quantitative estimate of drug-likeness (QED) is 0.839. The van der Waals surface area contributed by atoms with Crippen LogP contribution in [0.1, 0.15) is 39.7 Å². The van der Waals surface area contributed by atoms with Crippen LogP contribution in [0, 0.1) is 5.92 Å². The second-order valence-corrected chi connectivity index (χ2v) is 6.36. The molecule has 1 atom stereocenters. The molecule has 0 bridgehead atoms. The van der Waals surface area contributed by atoms with Crippen LogP contribution in [0.25, 0.3) is 0 Å². The lowest BCUT2D eigenvalue weighted by molar-refractivity contribution is -0.126. The van der Waals surface area contributed by atoms with E-state index < -0.39 is 6.10 Å². The maximum absolute atomic E-state index is 12.2. The molecule has 2 rings (SSSR count). The van der Waals surface area contributed by atoms with Crippen LogP contribution in [-0.4, -0.2) is 31.7 Å². The number of hydrogen-bond donors (Lipinski definition) is 1. The second kappa shape index (κ2) is 7.63. The largest absolute Gasteiger partial charge is 0.371 e. The summed E-state index contributed by atoms with van der Waals surface area (Å²) in [6.07, 6.45) is 1.64. The van der Waals surface area contributed by atoms with Gasteiger partial charge in [-0.2, -0.15) is 0 Å². The Morgan fingerprint density at radius 2 is 2.14 bits per heavy atom. The molecule has 1 aliphatic rings. The summed E-state index contributed by atoms with van der Waals surface area (Å²) in [5.74, 6) is 0.511. The average Bonchev–Trinajstić information content (AvgIpc) is 2.89. The molecule has 4 heteroatoms. The third-order valence-electron chi connectivity index (χ3n) is 4.16. The molecule has 1 N–H and O–H groups in total. The molecule has 0 aliphatic carbocycles. The number of benzene rings is 1. The van der Waals surface area contributed by atoms with Crippen molar-refractivity contribution in [2.45, 2.75) is 46.6 Å². The van der Waals surface area contributed by atoms with Gasteiger partial charge in [0, 0.05) is 31.1 Å². The Morgan fingerprint density at radius 3 is 2.82 bits per heavy atom. The molecule has 0 spiro atoms. The number of likely N-dealkylation sites (N-methyl/N-ethyl adjacent to an activating group) is 1. The summed E-state index contributed by atoms with van der Waals surface area (Å²) >= 11 is 0. The van der Waals surface area contributed by atoms with E-state index in [1.807, 2.05) is 6.07 Å². The number of carbonyl (C=O) groups excluding carboxylic acids is 1. The van der Waals surface area contributed by atoms with Crippen LogP contribution in [0.3, 0.4) is 0 Å². The molecule has 1 aliphatic heterocycles. The molecule has 1 aromatic carbocycles. The monoisotopic (exact) mass is 304 g/mol. The van der Waals surface area contributed by atoms with Gasteiger partial charge >= 0.3 is 0 Å². The Hall–Kier alpha value is -1.55. The van der Waals surface area contributed by atoms with Gasteiger partial charge in [-0.3, -0.25) is 4.79 Å². The summed E-state index contributed by atoms with van der Waals surface area (Å²) in [7, 11) is 0. The van der Waals surface area contributed by atoms with Crippen molar-refractivity contribution in [3.05, 3.63) is 23.8 Å². The Kier molecular flexibility index (Phi) is 5.83. The summed E-state index contributed by atoms with van der Waals surface area (Å²) < 4.78 is 5.60. The lowest BCUT2D eigenvalue weighted by Gasteiger charge is -2.18. The molecule has 4 nitrogen and oxygen atoms in total. The van der Waals surface area contributed by atoms with Crippen LogP contribution in [0.5, 0.6) is 0 Å².